The second-order valence-corrected chi connectivity index (χ2v) is 4.59. The lowest BCUT2D eigenvalue weighted by Crippen LogP contribution is -2.39. The number of hydrogen-bond donors (Lipinski definition) is 0. The van der Waals surface area contributed by atoms with Crippen molar-refractivity contribution in [2.45, 2.75) is 32.8 Å². The molecule has 1 aromatic rings. The van der Waals surface area contributed by atoms with E-state index in [-0.39, 0.29) is 12.0 Å². The van der Waals surface area contributed by atoms with Crippen molar-refractivity contribution < 1.29 is 9.47 Å². The van der Waals surface area contributed by atoms with Gasteiger partial charge >= 0.3 is 0 Å². The van der Waals surface area contributed by atoms with Crippen molar-refractivity contribution in [1.82, 2.24) is 9.97 Å². The van der Waals surface area contributed by atoms with Crippen molar-refractivity contribution in [2.75, 3.05) is 13.2 Å². The van der Waals surface area contributed by atoms with Gasteiger partial charge in [-0.15, -0.1) is 0 Å². The number of halogens is 1. The summed E-state index contributed by atoms with van der Waals surface area (Å²) in [6.45, 7) is 7.16. The van der Waals surface area contributed by atoms with Gasteiger partial charge in [-0.3, -0.25) is 0 Å². The van der Waals surface area contributed by atoms with Crippen LogP contribution in [0.15, 0.2) is 0 Å². The zero-order chi connectivity index (χ0) is 11.7. The first-order valence-electron chi connectivity index (χ1n) is 5.36. The second kappa shape index (κ2) is 4.55. The SMILES string of the molecule is Cc1c(Cl)nc(C(C)C)nc1OC1COC1. The lowest BCUT2D eigenvalue weighted by atomic mass is 10.2. The maximum atomic E-state index is 6.05. The van der Waals surface area contributed by atoms with E-state index < -0.39 is 0 Å². The Labute approximate surface area is 99.9 Å². The molecule has 0 N–H and O–H groups in total. The fraction of sp³-hybridized carbons (Fsp3) is 0.636. The van der Waals surface area contributed by atoms with Gasteiger partial charge in [-0.2, -0.15) is 4.98 Å². The molecule has 0 atom stereocenters. The van der Waals surface area contributed by atoms with E-state index in [4.69, 9.17) is 21.1 Å². The lowest BCUT2D eigenvalue weighted by molar-refractivity contribution is -0.0817. The number of nitrogens with zero attached hydrogens (tertiary/aromatic N) is 2. The van der Waals surface area contributed by atoms with E-state index in [1.54, 1.807) is 0 Å². The van der Waals surface area contributed by atoms with Crippen molar-refractivity contribution in [3.63, 3.8) is 0 Å². The van der Waals surface area contributed by atoms with Gasteiger partial charge < -0.3 is 9.47 Å². The van der Waals surface area contributed by atoms with E-state index in [0.29, 0.717) is 30.1 Å². The van der Waals surface area contributed by atoms with Crippen molar-refractivity contribution in [1.29, 1.82) is 0 Å². The molecule has 5 heteroatoms. The Hall–Kier alpha value is -0.870. The average molecular weight is 243 g/mol. The van der Waals surface area contributed by atoms with Crippen LogP contribution in [0.2, 0.25) is 5.15 Å². The molecule has 16 heavy (non-hydrogen) atoms. The monoisotopic (exact) mass is 242 g/mol. The Morgan fingerprint density at radius 1 is 1.38 bits per heavy atom. The minimum Gasteiger partial charge on any atom is -0.469 e. The van der Waals surface area contributed by atoms with Crippen LogP contribution in [-0.2, 0) is 4.74 Å². The van der Waals surface area contributed by atoms with Crippen LogP contribution in [0.1, 0.15) is 31.2 Å². The molecule has 1 aromatic heterocycles. The number of rotatable bonds is 3. The van der Waals surface area contributed by atoms with Crippen molar-refractivity contribution in [2.24, 2.45) is 0 Å². The minimum absolute atomic E-state index is 0.102. The fourth-order valence-corrected chi connectivity index (χ4v) is 1.47. The van der Waals surface area contributed by atoms with Crippen molar-refractivity contribution in [3.05, 3.63) is 16.5 Å². The Bertz CT molecular complexity index is 392. The van der Waals surface area contributed by atoms with Gasteiger partial charge in [0.05, 0.1) is 13.2 Å². The first-order valence-corrected chi connectivity index (χ1v) is 5.74. The predicted molar refractivity (Wildman–Crippen MR) is 61.1 cm³/mol. The molecule has 4 nitrogen and oxygen atoms in total. The van der Waals surface area contributed by atoms with Crippen molar-refractivity contribution >= 4 is 11.6 Å². The Morgan fingerprint density at radius 2 is 2.06 bits per heavy atom. The van der Waals surface area contributed by atoms with Gasteiger partial charge in [0, 0.05) is 11.5 Å². The topological polar surface area (TPSA) is 44.2 Å². The summed E-state index contributed by atoms with van der Waals surface area (Å²) in [5.41, 5.74) is 0.790. The van der Waals surface area contributed by atoms with Gasteiger partial charge in [-0.05, 0) is 6.92 Å². The van der Waals surface area contributed by atoms with E-state index >= 15 is 0 Å². The first kappa shape index (κ1) is 11.6. The highest BCUT2D eigenvalue weighted by molar-refractivity contribution is 6.30. The summed E-state index contributed by atoms with van der Waals surface area (Å²) in [5, 5.41) is 0.467. The molecule has 0 amide bonds. The molecule has 2 heterocycles. The zero-order valence-corrected chi connectivity index (χ0v) is 10.4. The molecule has 1 saturated heterocycles. The van der Waals surface area contributed by atoms with Gasteiger partial charge in [-0.1, -0.05) is 25.4 Å². The molecule has 0 bridgehead atoms. The van der Waals surface area contributed by atoms with Crippen molar-refractivity contribution in [3.8, 4) is 5.88 Å². The highest BCUT2D eigenvalue weighted by Gasteiger charge is 2.23. The summed E-state index contributed by atoms with van der Waals surface area (Å²) < 4.78 is 10.7. The Balaban J connectivity index is 2.26. The molecule has 0 saturated carbocycles. The smallest absolute Gasteiger partial charge is 0.221 e. The quantitative estimate of drug-likeness (QED) is 0.764. The summed E-state index contributed by atoms with van der Waals surface area (Å²) >= 11 is 6.05. The van der Waals surface area contributed by atoms with Crippen LogP contribution < -0.4 is 4.74 Å². The normalized spacial score (nSPS) is 16.3. The lowest BCUT2D eigenvalue weighted by Gasteiger charge is -2.27. The standard InChI is InChI=1S/C11H15ClN2O2/c1-6(2)10-13-9(12)7(3)11(14-10)16-8-4-15-5-8/h6,8H,4-5H2,1-3H3. The van der Waals surface area contributed by atoms with Gasteiger partial charge in [0.1, 0.15) is 17.1 Å². The summed E-state index contributed by atoms with van der Waals surface area (Å²) in [6, 6.07) is 0. The molecule has 0 spiro atoms. The highest BCUT2D eigenvalue weighted by Crippen LogP contribution is 2.26. The predicted octanol–water partition coefficient (Wildman–Crippen LogP) is 2.34. The summed E-state index contributed by atoms with van der Waals surface area (Å²) in [5.74, 6) is 1.53. The Kier molecular flexibility index (Phi) is 3.30. The van der Waals surface area contributed by atoms with E-state index in [1.807, 2.05) is 20.8 Å². The van der Waals surface area contributed by atoms with Gasteiger partial charge in [-0.25, -0.2) is 4.98 Å². The van der Waals surface area contributed by atoms with Gasteiger partial charge in [0.2, 0.25) is 5.88 Å². The molecule has 0 aromatic carbocycles. The maximum absolute atomic E-state index is 6.05. The minimum atomic E-state index is 0.102. The van der Waals surface area contributed by atoms with Gasteiger partial charge in [0.15, 0.2) is 0 Å². The molecular formula is C11H15ClN2O2. The molecule has 1 fully saturated rings. The first-order chi connectivity index (χ1) is 7.58. The molecule has 2 rings (SSSR count). The maximum Gasteiger partial charge on any atom is 0.221 e. The van der Waals surface area contributed by atoms with E-state index in [0.717, 1.165) is 5.56 Å². The van der Waals surface area contributed by atoms with E-state index in [2.05, 4.69) is 9.97 Å². The number of ether oxygens (including phenoxy) is 2. The fourth-order valence-electron chi connectivity index (χ4n) is 1.30. The van der Waals surface area contributed by atoms with E-state index in [1.165, 1.54) is 0 Å². The third-order valence-electron chi connectivity index (χ3n) is 2.46. The van der Waals surface area contributed by atoms with Crippen LogP contribution >= 0.6 is 11.6 Å². The van der Waals surface area contributed by atoms with Crippen LogP contribution in [0.3, 0.4) is 0 Å². The highest BCUT2D eigenvalue weighted by atomic mass is 35.5. The summed E-state index contributed by atoms with van der Waals surface area (Å²) in [4.78, 5) is 8.61. The third kappa shape index (κ3) is 2.28. The average Bonchev–Trinajstić information content (AvgIpc) is 2.17. The van der Waals surface area contributed by atoms with Crippen LogP contribution in [-0.4, -0.2) is 29.3 Å². The molecule has 1 aliphatic rings. The number of aromatic nitrogens is 2. The van der Waals surface area contributed by atoms with Crippen LogP contribution in [0, 0.1) is 6.92 Å². The number of hydrogen-bond acceptors (Lipinski definition) is 4. The molecular weight excluding hydrogens is 228 g/mol. The molecule has 88 valence electrons. The largest absolute Gasteiger partial charge is 0.469 e. The molecule has 0 radical (unpaired) electrons. The third-order valence-corrected chi connectivity index (χ3v) is 2.83. The Morgan fingerprint density at radius 3 is 2.56 bits per heavy atom. The zero-order valence-electron chi connectivity index (χ0n) is 9.66. The van der Waals surface area contributed by atoms with Crippen LogP contribution in [0.25, 0.3) is 0 Å². The summed E-state index contributed by atoms with van der Waals surface area (Å²) in [6.07, 6.45) is 0.102. The van der Waals surface area contributed by atoms with E-state index in [9.17, 15) is 0 Å². The molecule has 0 unspecified atom stereocenters. The van der Waals surface area contributed by atoms with Gasteiger partial charge in [0.25, 0.3) is 0 Å². The second-order valence-electron chi connectivity index (χ2n) is 4.23. The summed E-state index contributed by atoms with van der Waals surface area (Å²) in [7, 11) is 0. The van der Waals surface area contributed by atoms with Crippen LogP contribution in [0.4, 0.5) is 0 Å². The van der Waals surface area contributed by atoms with Crippen LogP contribution in [0.5, 0.6) is 5.88 Å². The molecule has 0 aliphatic carbocycles. The molecule has 1 aliphatic heterocycles.